The summed E-state index contributed by atoms with van der Waals surface area (Å²) >= 11 is 0. The second-order valence-electron chi connectivity index (χ2n) is 12.3. The second kappa shape index (κ2) is 11.5. The van der Waals surface area contributed by atoms with Crippen LogP contribution in [0.2, 0.25) is 0 Å². The zero-order valence-electron chi connectivity index (χ0n) is 23.4. The van der Waals surface area contributed by atoms with E-state index in [1.54, 1.807) is 14.2 Å². The number of rotatable bonds is 9. The predicted molar refractivity (Wildman–Crippen MR) is 140 cm³/mol. The number of hydrogen-bond donors (Lipinski definition) is 2. The molecular weight excluding hydrogens is 472 g/mol. The lowest BCUT2D eigenvalue weighted by Crippen LogP contribution is -2.70. The number of ether oxygens (including phenoxy) is 3. The van der Waals surface area contributed by atoms with Crippen molar-refractivity contribution in [3.8, 4) is 0 Å². The van der Waals surface area contributed by atoms with Crippen LogP contribution in [0.3, 0.4) is 0 Å². The SMILES string of the molecule is COC1CCC2C3NCCC4C5CC(O[C@@H](C)C(=O)NCCCN(C)C)CCC5N(C(=O)C2C1OC)C43. The normalized spacial score (nSPS) is 41.7. The molecule has 0 aromatic heterocycles. The van der Waals surface area contributed by atoms with Crippen molar-refractivity contribution in [2.24, 2.45) is 23.7 Å². The summed E-state index contributed by atoms with van der Waals surface area (Å²) < 4.78 is 18.0. The summed E-state index contributed by atoms with van der Waals surface area (Å²) in [6.45, 7) is 4.50. The Balaban J connectivity index is 1.26. The Kier molecular flexibility index (Phi) is 8.46. The molecular formula is C28H48N4O5. The third kappa shape index (κ3) is 5.07. The van der Waals surface area contributed by atoms with Crippen LogP contribution in [0.15, 0.2) is 0 Å². The van der Waals surface area contributed by atoms with Gasteiger partial charge in [-0.1, -0.05) is 0 Å². The minimum atomic E-state index is -0.455. The van der Waals surface area contributed by atoms with Gasteiger partial charge in [0.2, 0.25) is 11.8 Å². The first-order valence-electron chi connectivity index (χ1n) is 14.5. The number of piperidine rings is 2. The van der Waals surface area contributed by atoms with Crippen molar-refractivity contribution in [1.82, 2.24) is 20.4 Å². The Morgan fingerprint density at radius 2 is 1.92 bits per heavy atom. The van der Waals surface area contributed by atoms with E-state index in [1.807, 2.05) is 21.0 Å². The molecule has 5 rings (SSSR count). The van der Waals surface area contributed by atoms with Crippen molar-refractivity contribution in [2.45, 2.75) is 94.4 Å². The maximum Gasteiger partial charge on any atom is 0.248 e. The standard InChI is InChI=1S/C28H48N4O5/c1-16(27(33)30-12-6-14-31(2)3)37-17-7-9-21-20(15-17)18-11-13-29-24-19-8-10-22(35-4)26(36-5)23(19)28(34)32(21)25(18)24/h16-26,29H,6-15H2,1-5H3,(H,30,33)/t16-,17?,18?,19?,20?,21?,22?,23?,24?,25?,26?/m0/s1. The Morgan fingerprint density at radius 3 is 2.65 bits per heavy atom. The van der Waals surface area contributed by atoms with Crippen molar-refractivity contribution in [2.75, 3.05) is 47.9 Å². The highest BCUT2D eigenvalue weighted by atomic mass is 16.5. The summed E-state index contributed by atoms with van der Waals surface area (Å²) in [4.78, 5) is 31.2. The summed E-state index contributed by atoms with van der Waals surface area (Å²) in [5.74, 6) is 1.36. The molecule has 0 radical (unpaired) electrons. The maximum atomic E-state index is 14.1. The van der Waals surface area contributed by atoms with E-state index in [2.05, 4.69) is 20.4 Å². The molecule has 2 saturated carbocycles. The molecule has 2 aliphatic carbocycles. The average molecular weight is 521 g/mol. The zero-order chi connectivity index (χ0) is 26.3. The molecule has 9 nitrogen and oxygen atoms in total. The Morgan fingerprint density at radius 1 is 1.11 bits per heavy atom. The number of hydrogen-bond acceptors (Lipinski definition) is 7. The number of nitrogens with zero attached hydrogens (tertiary/aromatic N) is 2. The van der Waals surface area contributed by atoms with Gasteiger partial charge in [0.05, 0.1) is 30.3 Å². The number of fused-ring (bicyclic) bond motifs is 5. The van der Waals surface area contributed by atoms with Gasteiger partial charge < -0.3 is 34.6 Å². The lowest BCUT2D eigenvalue weighted by atomic mass is 9.64. The third-order valence-electron chi connectivity index (χ3n) is 10.1. The van der Waals surface area contributed by atoms with Crippen LogP contribution in [0.5, 0.6) is 0 Å². The first-order valence-corrected chi connectivity index (χ1v) is 14.5. The molecule has 0 aromatic carbocycles. The van der Waals surface area contributed by atoms with E-state index in [0.29, 0.717) is 30.3 Å². The van der Waals surface area contributed by atoms with E-state index >= 15 is 0 Å². The van der Waals surface area contributed by atoms with Crippen LogP contribution in [0.1, 0.15) is 51.9 Å². The monoisotopic (exact) mass is 520 g/mol. The van der Waals surface area contributed by atoms with Crippen LogP contribution < -0.4 is 10.6 Å². The van der Waals surface area contributed by atoms with Gasteiger partial charge in [-0.2, -0.15) is 0 Å². The third-order valence-corrected chi connectivity index (χ3v) is 10.1. The molecule has 3 aliphatic heterocycles. The lowest BCUT2D eigenvalue weighted by Gasteiger charge is -2.55. The summed E-state index contributed by atoms with van der Waals surface area (Å²) in [5, 5.41) is 6.87. The van der Waals surface area contributed by atoms with E-state index in [4.69, 9.17) is 14.2 Å². The van der Waals surface area contributed by atoms with Gasteiger partial charge in [0.15, 0.2) is 0 Å². The van der Waals surface area contributed by atoms with Gasteiger partial charge in [-0.3, -0.25) is 9.59 Å². The first-order chi connectivity index (χ1) is 17.8. The zero-order valence-corrected chi connectivity index (χ0v) is 23.4. The van der Waals surface area contributed by atoms with Crippen LogP contribution in [-0.2, 0) is 23.8 Å². The minimum Gasteiger partial charge on any atom is -0.379 e. The van der Waals surface area contributed by atoms with Gasteiger partial charge in [-0.05, 0) is 96.8 Å². The van der Waals surface area contributed by atoms with Crippen molar-refractivity contribution in [3.05, 3.63) is 0 Å². The van der Waals surface area contributed by atoms with Gasteiger partial charge in [0.1, 0.15) is 6.10 Å². The van der Waals surface area contributed by atoms with Gasteiger partial charge in [0.25, 0.3) is 0 Å². The molecule has 0 aromatic rings. The molecule has 3 heterocycles. The predicted octanol–water partition coefficient (Wildman–Crippen LogP) is 1.26. The number of methoxy groups -OCH3 is 2. The molecule has 0 bridgehead atoms. The highest BCUT2D eigenvalue weighted by Crippen LogP contribution is 2.54. The summed E-state index contributed by atoms with van der Waals surface area (Å²) in [6, 6.07) is 0.861. The number of carbonyl (C=O) groups excluding carboxylic acids is 2. The van der Waals surface area contributed by atoms with Gasteiger partial charge in [-0.25, -0.2) is 0 Å². The molecule has 37 heavy (non-hydrogen) atoms. The lowest BCUT2D eigenvalue weighted by molar-refractivity contribution is -0.175. The van der Waals surface area contributed by atoms with Crippen LogP contribution >= 0.6 is 0 Å². The Hall–Kier alpha value is -1.26. The van der Waals surface area contributed by atoms with E-state index in [0.717, 1.165) is 58.0 Å². The van der Waals surface area contributed by atoms with E-state index in [1.165, 1.54) is 0 Å². The molecule has 5 fully saturated rings. The van der Waals surface area contributed by atoms with E-state index in [9.17, 15) is 9.59 Å². The van der Waals surface area contributed by atoms with Crippen LogP contribution in [0, 0.1) is 23.7 Å². The second-order valence-corrected chi connectivity index (χ2v) is 12.3. The van der Waals surface area contributed by atoms with Crippen LogP contribution in [-0.4, -0.2) is 112 Å². The topological polar surface area (TPSA) is 92.4 Å². The Labute approximate surface area is 222 Å². The van der Waals surface area contributed by atoms with Crippen molar-refractivity contribution < 1.29 is 23.8 Å². The fourth-order valence-electron chi connectivity index (χ4n) is 8.56. The summed E-state index contributed by atoms with van der Waals surface area (Å²) in [7, 11) is 7.54. The van der Waals surface area contributed by atoms with Crippen LogP contribution in [0.25, 0.3) is 0 Å². The summed E-state index contributed by atoms with van der Waals surface area (Å²) in [6.07, 6.45) is 6.16. The molecule has 2 N–H and O–H groups in total. The quantitative estimate of drug-likeness (QED) is 0.442. The van der Waals surface area contributed by atoms with E-state index in [-0.39, 0.29) is 48.1 Å². The van der Waals surface area contributed by atoms with Crippen molar-refractivity contribution in [1.29, 1.82) is 0 Å². The van der Waals surface area contributed by atoms with Crippen LogP contribution in [0.4, 0.5) is 0 Å². The minimum absolute atomic E-state index is 0.0239. The molecule has 210 valence electrons. The average Bonchev–Trinajstić information content (AvgIpc) is 3.23. The fourth-order valence-corrected chi connectivity index (χ4v) is 8.56. The number of amides is 2. The molecule has 2 amide bonds. The smallest absolute Gasteiger partial charge is 0.248 e. The highest BCUT2D eigenvalue weighted by molar-refractivity contribution is 5.83. The van der Waals surface area contributed by atoms with Gasteiger partial charge in [0, 0.05) is 32.8 Å². The van der Waals surface area contributed by atoms with E-state index < -0.39 is 6.10 Å². The molecule has 0 spiro atoms. The largest absolute Gasteiger partial charge is 0.379 e. The number of carbonyl (C=O) groups is 2. The van der Waals surface area contributed by atoms with Crippen molar-refractivity contribution >= 4 is 11.8 Å². The molecule has 9 heteroatoms. The summed E-state index contributed by atoms with van der Waals surface area (Å²) in [5.41, 5.74) is 0. The molecule has 11 atom stereocenters. The first kappa shape index (κ1) is 27.3. The van der Waals surface area contributed by atoms with Crippen molar-refractivity contribution in [3.63, 3.8) is 0 Å². The number of nitrogens with one attached hydrogen (secondary N) is 2. The fraction of sp³-hybridized carbons (Fsp3) is 0.929. The molecule has 10 unspecified atom stereocenters. The Bertz CT molecular complexity index is 826. The molecule has 3 saturated heterocycles. The molecule has 5 aliphatic rings. The maximum absolute atomic E-state index is 14.1. The van der Waals surface area contributed by atoms with Gasteiger partial charge >= 0.3 is 0 Å². The highest BCUT2D eigenvalue weighted by Gasteiger charge is 2.64. The van der Waals surface area contributed by atoms with Gasteiger partial charge in [-0.15, -0.1) is 0 Å².